The van der Waals surface area contributed by atoms with E-state index in [9.17, 15) is 4.79 Å². The molecule has 2 aromatic rings. The van der Waals surface area contributed by atoms with E-state index in [0.717, 1.165) is 12.3 Å². The maximum Gasteiger partial charge on any atom is 0.163 e. The summed E-state index contributed by atoms with van der Waals surface area (Å²) in [6.45, 7) is 4.96. The first-order valence-corrected chi connectivity index (χ1v) is 5.95. The summed E-state index contributed by atoms with van der Waals surface area (Å²) in [4.78, 5) is 17.9. The molecule has 0 fully saturated rings. The summed E-state index contributed by atoms with van der Waals surface area (Å²) in [6, 6.07) is 7.35. The zero-order valence-corrected chi connectivity index (χ0v) is 10.6. The largest absolute Gasteiger partial charge is 0.467 e. The van der Waals surface area contributed by atoms with E-state index in [1.807, 2.05) is 24.0 Å². The van der Waals surface area contributed by atoms with Gasteiger partial charge in [0.25, 0.3) is 0 Å². The third-order valence-corrected chi connectivity index (χ3v) is 2.77. The summed E-state index contributed by atoms with van der Waals surface area (Å²) in [5.41, 5.74) is 0.644. The Bertz CT molecular complexity index is 520. The summed E-state index contributed by atoms with van der Waals surface area (Å²) in [6.07, 6.45) is 3.35. The van der Waals surface area contributed by atoms with Crippen molar-refractivity contribution in [2.75, 3.05) is 11.4 Å². The molecule has 0 bridgehead atoms. The van der Waals surface area contributed by atoms with E-state index in [2.05, 4.69) is 4.98 Å². The van der Waals surface area contributed by atoms with Crippen LogP contribution in [-0.2, 0) is 6.54 Å². The van der Waals surface area contributed by atoms with Gasteiger partial charge in [0.2, 0.25) is 0 Å². The molecule has 0 aliphatic heterocycles. The molecule has 0 N–H and O–H groups in total. The van der Waals surface area contributed by atoms with Crippen molar-refractivity contribution in [3.63, 3.8) is 0 Å². The lowest BCUT2D eigenvalue weighted by atomic mass is 10.1. The molecule has 0 atom stereocenters. The molecule has 0 unspecified atom stereocenters. The number of Topliss-reactive ketones (excluding diaryl/α,β-unsaturated/α-hetero) is 1. The summed E-state index contributed by atoms with van der Waals surface area (Å²) in [7, 11) is 0. The highest BCUT2D eigenvalue weighted by molar-refractivity contribution is 5.98. The molecule has 2 heterocycles. The van der Waals surface area contributed by atoms with Gasteiger partial charge in [-0.05, 0) is 38.1 Å². The van der Waals surface area contributed by atoms with Gasteiger partial charge in [0.15, 0.2) is 5.78 Å². The molecule has 0 saturated carbocycles. The lowest BCUT2D eigenvalue weighted by Gasteiger charge is -2.22. The number of aromatic nitrogens is 1. The lowest BCUT2D eigenvalue weighted by molar-refractivity contribution is 0.101. The minimum Gasteiger partial charge on any atom is -0.467 e. The molecule has 0 aliphatic rings. The van der Waals surface area contributed by atoms with Crippen LogP contribution in [0.25, 0.3) is 0 Å². The first-order valence-electron chi connectivity index (χ1n) is 5.95. The fourth-order valence-corrected chi connectivity index (χ4v) is 1.85. The average molecular weight is 244 g/mol. The van der Waals surface area contributed by atoms with E-state index in [-0.39, 0.29) is 5.78 Å². The first-order chi connectivity index (χ1) is 8.72. The summed E-state index contributed by atoms with van der Waals surface area (Å²) in [5.74, 6) is 1.59. The van der Waals surface area contributed by atoms with Gasteiger partial charge < -0.3 is 9.32 Å². The summed E-state index contributed by atoms with van der Waals surface area (Å²) < 4.78 is 5.33. The van der Waals surface area contributed by atoms with Crippen LogP contribution in [0.1, 0.15) is 30.0 Å². The topological polar surface area (TPSA) is 46.3 Å². The van der Waals surface area contributed by atoms with E-state index < -0.39 is 0 Å². The molecule has 0 amide bonds. The molecule has 0 radical (unpaired) electrons. The maximum atomic E-state index is 11.6. The van der Waals surface area contributed by atoms with Crippen LogP contribution in [0.3, 0.4) is 0 Å². The monoisotopic (exact) mass is 244 g/mol. The van der Waals surface area contributed by atoms with Crippen LogP contribution < -0.4 is 4.90 Å². The molecule has 0 aliphatic carbocycles. The molecule has 0 saturated heterocycles. The smallest absolute Gasteiger partial charge is 0.163 e. The Morgan fingerprint density at radius 2 is 2.22 bits per heavy atom. The van der Waals surface area contributed by atoms with Crippen LogP contribution in [0.2, 0.25) is 0 Å². The normalized spacial score (nSPS) is 10.3. The third-order valence-electron chi connectivity index (χ3n) is 2.77. The van der Waals surface area contributed by atoms with Gasteiger partial charge in [-0.2, -0.15) is 0 Å². The van der Waals surface area contributed by atoms with E-state index in [0.29, 0.717) is 17.9 Å². The van der Waals surface area contributed by atoms with Gasteiger partial charge in [0, 0.05) is 12.7 Å². The van der Waals surface area contributed by atoms with E-state index in [1.54, 1.807) is 31.5 Å². The maximum absolute atomic E-state index is 11.6. The number of carbonyl (C=O) groups excluding carboxylic acids is 1. The van der Waals surface area contributed by atoms with Gasteiger partial charge in [-0.1, -0.05) is 0 Å². The van der Waals surface area contributed by atoms with E-state index in [1.165, 1.54) is 0 Å². The first kappa shape index (κ1) is 12.4. The highest BCUT2D eigenvalue weighted by Crippen LogP contribution is 2.20. The predicted octanol–water partition coefficient (Wildman–Crippen LogP) is 2.90. The standard InChI is InChI=1S/C14H16N2O2/c1-3-16(10-12-6-5-9-18-12)14-13(11(2)17)7-4-8-15-14/h4-9H,3,10H2,1-2H3. The van der Waals surface area contributed by atoms with Gasteiger partial charge >= 0.3 is 0 Å². The van der Waals surface area contributed by atoms with Crippen LogP contribution in [0.5, 0.6) is 0 Å². The number of ketones is 1. The van der Waals surface area contributed by atoms with Crippen LogP contribution >= 0.6 is 0 Å². The van der Waals surface area contributed by atoms with Gasteiger partial charge in [-0.25, -0.2) is 4.98 Å². The van der Waals surface area contributed by atoms with Crippen molar-refractivity contribution in [1.29, 1.82) is 0 Å². The third kappa shape index (κ3) is 2.59. The summed E-state index contributed by atoms with van der Waals surface area (Å²) in [5, 5.41) is 0. The van der Waals surface area contributed by atoms with Crippen LogP contribution in [-0.4, -0.2) is 17.3 Å². The molecule has 4 nitrogen and oxygen atoms in total. The van der Waals surface area contributed by atoms with Gasteiger partial charge in [-0.15, -0.1) is 0 Å². The van der Waals surface area contributed by atoms with Crippen LogP contribution in [0, 0.1) is 0 Å². The van der Waals surface area contributed by atoms with Crippen molar-refractivity contribution >= 4 is 11.6 Å². The zero-order valence-electron chi connectivity index (χ0n) is 10.6. The molecular formula is C14H16N2O2. The van der Waals surface area contributed by atoms with Gasteiger partial charge in [0.1, 0.15) is 11.6 Å². The molecule has 18 heavy (non-hydrogen) atoms. The van der Waals surface area contributed by atoms with Crippen molar-refractivity contribution in [3.8, 4) is 0 Å². The Morgan fingerprint density at radius 3 is 2.83 bits per heavy atom. The molecular weight excluding hydrogens is 228 g/mol. The second-order valence-corrected chi connectivity index (χ2v) is 4.02. The Hall–Kier alpha value is -2.10. The molecule has 0 aromatic carbocycles. The van der Waals surface area contributed by atoms with Crippen molar-refractivity contribution in [2.24, 2.45) is 0 Å². The van der Waals surface area contributed by atoms with Crippen LogP contribution in [0.4, 0.5) is 5.82 Å². The number of nitrogens with zero attached hydrogens (tertiary/aromatic N) is 2. The van der Waals surface area contributed by atoms with Crippen molar-refractivity contribution < 1.29 is 9.21 Å². The quantitative estimate of drug-likeness (QED) is 0.759. The number of rotatable bonds is 5. The lowest BCUT2D eigenvalue weighted by Crippen LogP contribution is -2.24. The molecule has 94 valence electrons. The van der Waals surface area contributed by atoms with E-state index in [4.69, 9.17) is 4.42 Å². The fourth-order valence-electron chi connectivity index (χ4n) is 1.85. The number of hydrogen-bond acceptors (Lipinski definition) is 4. The average Bonchev–Trinajstić information content (AvgIpc) is 2.88. The number of carbonyl (C=O) groups is 1. The summed E-state index contributed by atoms with van der Waals surface area (Å²) >= 11 is 0. The van der Waals surface area contributed by atoms with E-state index >= 15 is 0 Å². The Kier molecular flexibility index (Phi) is 3.77. The van der Waals surface area contributed by atoms with Gasteiger partial charge in [-0.3, -0.25) is 4.79 Å². The number of anilines is 1. The molecule has 4 heteroatoms. The SMILES string of the molecule is CCN(Cc1ccco1)c1ncccc1C(C)=O. The molecule has 2 aromatic heterocycles. The second-order valence-electron chi connectivity index (χ2n) is 4.02. The second kappa shape index (κ2) is 5.49. The molecule has 0 spiro atoms. The highest BCUT2D eigenvalue weighted by Gasteiger charge is 2.15. The zero-order chi connectivity index (χ0) is 13.0. The predicted molar refractivity (Wildman–Crippen MR) is 69.7 cm³/mol. The van der Waals surface area contributed by atoms with Crippen molar-refractivity contribution in [2.45, 2.75) is 20.4 Å². The molecule has 2 rings (SSSR count). The number of furan rings is 1. The minimum atomic E-state index is 0.0241. The van der Waals surface area contributed by atoms with Crippen molar-refractivity contribution in [1.82, 2.24) is 4.98 Å². The minimum absolute atomic E-state index is 0.0241. The number of pyridine rings is 1. The van der Waals surface area contributed by atoms with Crippen LogP contribution in [0.15, 0.2) is 41.1 Å². The number of hydrogen-bond donors (Lipinski definition) is 0. The fraction of sp³-hybridized carbons (Fsp3) is 0.286. The Labute approximate surface area is 106 Å². The Morgan fingerprint density at radius 1 is 1.39 bits per heavy atom. The van der Waals surface area contributed by atoms with Crippen molar-refractivity contribution in [3.05, 3.63) is 48.0 Å². The highest BCUT2D eigenvalue weighted by atomic mass is 16.3. The Balaban J connectivity index is 2.30. The van der Waals surface area contributed by atoms with Gasteiger partial charge in [0.05, 0.1) is 18.4 Å².